The molecule has 0 saturated heterocycles. The van der Waals surface area contributed by atoms with Gasteiger partial charge in [-0.05, 0) is 37.6 Å². The van der Waals surface area contributed by atoms with Crippen molar-refractivity contribution >= 4 is 0 Å². The third-order valence-electron chi connectivity index (χ3n) is 3.54. The number of nitrogens with one attached hydrogen (secondary N) is 1. The number of terminal acetylenes is 1. The summed E-state index contributed by atoms with van der Waals surface area (Å²) in [7, 11) is 0. The van der Waals surface area contributed by atoms with Crippen molar-refractivity contribution in [3.8, 4) is 12.3 Å². The lowest BCUT2D eigenvalue weighted by Crippen LogP contribution is -2.37. The molecule has 0 spiro atoms. The van der Waals surface area contributed by atoms with E-state index in [1.165, 1.54) is 25.7 Å². The van der Waals surface area contributed by atoms with Gasteiger partial charge in [0.1, 0.15) is 0 Å². The molecule has 2 nitrogen and oxygen atoms in total. The van der Waals surface area contributed by atoms with E-state index in [-0.39, 0.29) is 6.04 Å². The standard InChI is InChI=1S/C13H23NO/c1-3-13(4-2)14-9-11-7-5-6-8-12(11)10-15/h1,11-15H,4-10H2,2H3. The summed E-state index contributed by atoms with van der Waals surface area (Å²) in [6.45, 7) is 3.40. The maximum Gasteiger partial charge on any atom is 0.0684 e. The number of aliphatic hydroxyl groups is 1. The molecule has 1 aliphatic carbocycles. The highest BCUT2D eigenvalue weighted by atomic mass is 16.3. The Morgan fingerprint density at radius 2 is 2.07 bits per heavy atom. The molecule has 3 atom stereocenters. The predicted octanol–water partition coefficient (Wildman–Crippen LogP) is 1.79. The van der Waals surface area contributed by atoms with Crippen molar-refractivity contribution in [2.75, 3.05) is 13.2 Å². The van der Waals surface area contributed by atoms with Crippen molar-refractivity contribution in [2.24, 2.45) is 11.8 Å². The van der Waals surface area contributed by atoms with Gasteiger partial charge in [0, 0.05) is 6.61 Å². The van der Waals surface area contributed by atoms with Gasteiger partial charge in [-0.15, -0.1) is 6.42 Å². The Morgan fingerprint density at radius 1 is 1.40 bits per heavy atom. The van der Waals surface area contributed by atoms with Crippen LogP contribution in [0.2, 0.25) is 0 Å². The smallest absolute Gasteiger partial charge is 0.0684 e. The highest BCUT2D eigenvalue weighted by Gasteiger charge is 2.24. The fraction of sp³-hybridized carbons (Fsp3) is 0.846. The van der Waals surface area contributed by atoms with Crippen molar-refractivity contribution in [3.63, 3.8) is 0 Å². The van der Waals surface area contributed by atoms with Gasteiger partial charge in [-0.1, -0.05) is 25.7 Å². The molecule has 86 valence electrons. The Morgan fingerprint density at radius 3 is 2.60 bits per heavy atom. The van der Waals surface area contributed by atoms with Gasteiger partial charge in [-0.2, -0.15) is 0 Å². The summed E-state index contributed by atoms with van der Waals surface area (Å²) in [6, 6.07) is 0.200. The van der Waals surface area contributed by atoms with E-state index in [4.69, 9.17) is 6.42 Å². The van der Waals surface area contributed by atoms with Crippen LogP contribution in [-0.2, 0) is 0 Å². The minimum Gasteiger partial charge on any atom is -0.396 e. The van der Waals surface area contributed by atoms with E-state index in [0.29, 0.717) is 18.4 Å². The van der Waals surface area contributed by atoms with Crippen LogP contribution in [0.3, 0.4) is 0 Å². The molecule has 0 aromatic rings. The SMILES string of the molecule is C#CC(CC)NCC1CCCCC1CO. The molecule has 0 amide bonds. The summed E-state index contributed by atoms with van der Waals surface area (Å²) < 4.78 is 0. The molecule has 0 heterocycles. The molecule has 0 radical (unpaired) electrons. The van der Waals surface area contributed by atoms with Crippen molar-refractivity contribution in [3.05, 3.63) is 0 Å². The van der Waals surface area contributed by atoms with Crippen LogP contribution < -0.4 is 5.32 Å². The maximum absolute atomic E-state index is 9.27. The summed E-state index contributed by atoms with van der Waals surface area (Å²) >= 11 is 0. The zero-order valence-corrected chi connectivity index (χ0v) is 9.71. The molecule has 0 bridgehead atoms. The lowest BCUT2D eigenvalue weighted by Gasteiger charge is -2.31. The van der Waals surface area contributed by atoms with Gasteiger partial charge in [0.05, 0.1) is 6.04 Å². The average molecular weight is 209 g/mol. The van der Waals surface area contributed by atoms with Gasteiger partial charge >= 0.3 is 0 Å². The maximum atomic E-state index is 9.27. The van der Waals surface area contributed by atoms with Crippen LogP contribution in [0.1, 0.15) is 39.0 Å². The first-order chi connectivity index (χ1) is 7.31. The minimum absolute atomic E-state index is 0.200. The van der Waals surface area contributed by atoms with Crippen molar-refractivity contribution in [2.45, 2.75) is 45.1 Å². The summed E-state index contributed by atoms with van der Waals surface area (Å²) in [5, 5.41) is 12.7. The van der Waals surface area contributed by atoms with Crippen LogP contribution >= 0.6 is 0 Å². The normalized spacial score (nSPS) is 28.3. The molecule has 2 heteroatoms. The van der Waals surface area contributed by atoms with Crippen LogP contribution in [0.5, 0.6) is 0 Å². The second kappa shape index (κ2) is 6.87. The largest absolute Gasteiger partial charge is 0.396 e. The van der Waals surface area contributed by atoms with E-state index in [0.717, 1.165) is 13.0 Å². The summed E-state index contributed by atoms with van der Waals surface area (Å²) in [5.41, 5.74) is 0. The van der Waals surface area contributed by atoms with Gasteiger partial charge < -0.3 is 10.4 Å². The average Bonchev–Trinajstić information content (AvgIpc) is 2.31. The van der Waals surface area contributed by atoms with Crippen molar-refractivity contribution in [1.29, 1.82) is 0 Å². The Bertz CT molecular complexity index is 209. The molecular weight excluding hydrogens is 186 g/mol. The number of hydrogen-bond donors (Lipinski definition) is 2. The van der Waals surface area contributed by atoms with Crippen LogP contribution in [0.15, 0.2) is 0 Å². The second-order valence-electron chi connectivity index (χ2n) is 4.52. The Balaban J connectivity index is 2.32. The van der Waals surface area contributed by atoms with Gasteiger partial charge in [-0.3, -0.25) is 0 Å². The molecule has 1 saturated carbocycles. The molecule has 1 rings (SSSR count). The molecule has 3 unspecified atom stereocenters. The van der Waals surface area contributed by atoms with Crippen molar-refractivity contribution in [1.82, 2.24) is 5.32 Å². The van der Waals surface area contributed by atoms with E-state index >= 15 is 0 Å². The first-order valence-electron chi connectivity index (χ1n) is 6.12. The molecule has 0 aromatic carbocycles. The molecule has 1 fully saturated rings. The van der Waals surface area contributed by atoms with E-state index in [9.17, 15) is 5.11 Å². The summed E-state index contributed by atoms with van der Waals surface area (Å²) in [4.78, 5) is 0. The van der Waals surface area contributed by atoms with E-state index in [1.54, 1.807) is 0 Å². The molecule has 0 aromatic heterocycles. The van der Waals surface area contributed by atoms with Gasteiger partial charge in [0.25, 0.3) is 0 Å². The number of hydrogen-bond acceptors (Lipinski definition) is 2. The summed E-state index contributed by atoms with van der Waals surface area (Å²) in [6.07, 6.45) is 11.4. The van der Waals surface area contributed by atoms with E-state index in [1.807, 2.05) is 0 Å². The monoisotopic (exact) mass is 209 g/mol. The van der Waals surface area contributed by atoms with Crippen LogP contribution in [-0.4, -0.2) is 24.3 Å². The second-order valence-corrected chi connectivity index (χ2v) is 4.52. The Labute approximate surface area is 93.5 Å². The fourth-order valence-corrected chi connectivity index (χ4v) is 2.41. The van der Waals surface area contributed by atoms with E-state index < -0.39 is 0 Å². The number of aliphatic hydroxyl groups excluding tert-OH is 1. The van der Waals surface area contributed by atoms with Gasteiger partial charge in [0.15, 0.2) is 0 Å². The van der Waals surface area contributed by atoms with Crippen molar-refractivity contribution < 1.29 is 5.11 Å². The van der Waals surface area contributed by atoms with Crippen LogP contribution in [0, 0.1) is 24.2 Å². The Hall–Kier alpha value is -0.520. The van der Waals surface area contributed by atoms with Crippen LogP contribution in [0.4, 0.5) is 0 Å². The van der Waals surface area contributed by atoms with Gasteiger partial charge in [-0.25, -0.2) is 0 Å². The summed E-state index contributed by atoms with van der Waals surface area (Å²) in [5.74, 6) is 3.85. The number of rotatable bonds is 5. The third kappa shape index (κ3) is 3.85. The molecule has 2 N–H and O–H groups in total. The van der Waals surface area contributed by atoms with E-state index in [2.05, 4.69) is 18.2 Å². The fourth-order valence-electron chi connectivity index (χ4n) is 2.41. The third-order valence-corrected chi connectivity index (χ3v) is 3.54. The van der Waals surface area contributed by atoms with Gasteiger partial charge in [0.2, 0.25) is 0 Å². The predicted molar refractivity (Wildman–Crippen MR) is 63.4 cm³/mol. The minimum atomic E-state index is 0.200. The first kappa shape index (κ1) is 12.5. The molecular formula is C13H23NO. The highest BCUT2D eigenvalue weighted by molar-refractivity contribution is 4.98. The molecule has 15 heavy (non-hydrogen) atoms. The van der Waals surface area contributed by atoms with Crippen LogP contribution in [0.25, 0.3) is 0 Å². The first-order valence-corrected chi connectivity index (χ1v) is 6.12. The zero-order valence-electron chi connectivity index (χ0n) is 9.71. The lowest BCUT2D eigenvalue weighted by atomic mass is 9.79. The molecule has 0 aliphatic heterocycles. The quantitative estimate of drug-likeness (QED) is 0.677. The lowest BCUT2D eigenvalue weighted by molar-refractivity contribution is 0.132. The highest BCUT2D eigenvalue weighted by Crippen LogP contribution is 2.29. The Kier molecular flexibility index (Phi) is 5.75. The topological polar surface area (TPSA) is 32.3 Å². The zero-order chi connectivity index (χ0) is 11.1. The molecule has 1 aliphatic rings.